The fourth-order valence-corrected chi connectivity index (χ4v) is 4.21. The van der Waals surface area contributed by atoms with E-state index >= 15 is 0 Å². The van der Waals surface area contributed by atoms with Gasteiger partial charge in [0.1, 0.15) is 11.1 Å². The summed E-state index contributed by atoms with van der Waals surface area (Å²) in [6.45, 7) is 0. The number of hydrogen-bond acceptors (Lipinski definition) is 7. The van der Waals surface area contributed by atoms with Crippen molar-refractivity contribution in [2.24, 2.45) is 4.99 Å². The van der Waals surface area contributed by atoms with E-state index in [0.29, 0.717) is 21.9 Å². The summed E-state index contributed by atoms with van der Waals surface area (Å²) in [5, 5.41) is 21.5. The van der Waals surface area contributed by atoms with E-state index in [9.17, 15) is 15.4 Å². The van der Waals surface area contributed by atoms with Crippen molar-refractivity contribution in [1.82, 2.24) is 0 Å². The molecule has 7 nitrogen and oxygen atoms in total. The summed E-state index contributed by atoms with van der Waals surface area (Å²) in [6, 6.07) is 5.06. The molecular formula is C18H17N3O4S. The molecule has 1 aliphatic rings. The molecule has 0 radical (unpaired) electrons. The van der Waals surface area contributed by atoms with Gasteiger partial charge in [-0.3, -0.25) is 10.1 Å². The smallest absolute Gasteiger partial charge is 0.282 e. The summed E-state index contributed by atoms with van der Waals surface area (Å²) in [5.41, 5.74) is 1.83. The summed E-state index contributed by atoms with van der Waals surface area (Å²) >= 11 is 1.49. The van der Waals surface area contributed by atoms with E-state index < -0.39 is 4.92 Å². The maximum absolute atomic E-state index is 11.4. The summed E-state index contributed by atoms with van der Waals surface area (Å²) in [7, 11) is 2.89. The molecule has 1 aromatic carbocycles. The fraction of sp³-hybridized carbons (Fsp3) is 0.333. The molecule has 0 saturated carbocycles. The van der Waals surface area contributed by atoms with Crippen molar-refractivity contribution >= 4 is 28.2 Å². The van der Waals surface area contributed by atoms with Crippen molar-refractivity contribution in [3.63, 3.8) is 0 Å². The van der Waals surface area contributed by atoms with Crippen LogP contribution >= 0.6 is 11.3 Å². The number of nitriles is 1. The van der Waals surface area contributed by atoms with Crippen LogP contribution in [-0.4, -0.2) is 25.4 Å². The summed E-state index contributed by atoms with van der Waals surface area (Å²) in [4.78, 5) is 16.5. The molecule has 0 aliphatic heterocycles. The van der Waals surface area contributed by atoms with Gasteiger partial charge in [0.15, 0.2) is 11.5 Å². The van der Waals surface area contributed by atoms with E-state index in [0.717, 1.165) is 31.2 Å². The number of aliphatic imine (C=N–C) groups is 1. The number of nitrogens with zero attached hydrogens (tertiary/aromatic N) is 3. The maximum Gasteiger partial charge on any atom is 0.282 e. The van der Waals surface area contributed by atoms with Gasteiger partial charge in [-0.05, 0) is 37.3 Å². The van der Waals surface area contributed by atoms with Crippen LogP contribution in [0.4, 0.5) is 10.7 Å². The van der Waals surface area contributed by atoms with E-state index in [2.05, 4.69) is 11.1 Å². The Labute approximate surface area is 154 Å². The van der Waals surface area contributed by atoms with Crippen LogP contribution in [0.2, 0.25) is 0 Å². The number of nitro benzene ring substituents is 1. The van der Waals surface area contributed by atoms with E-state index in [1.807, 2.05) is 0 Å². The maximum atomic E-state index is 11.4. The van der Waals surface area contributed by atoms with E-state index in [4.69, 9.17) is 9.47 Å². The number of thiophene rings is 1. The molecule has 0 atom stereocenters. The number of benzene rings is 1. The van der Waals surface area contributed by atoms with E-state index in [1.54, 1.807) is 0 Å². The van der Waals surface area contributed by atoms with Crippen LogP contribution in [-0.2, 0) is 12.8 Å². The fourth-order valence-electron chi connectivity index (χ4n) is 3.03. The number of nitro groups is 1. The summed E-state index contributed by atoms with van der Waals surface area (Å²) in [5.74, 6) is 0.659. The van der Waals surface area contributed by atoms with Crippen LogP contribution in [0.5, 0.6) is 11.5 Å². The minimum atomic E-state index is -0.492. The van der Waals surface area contributed by atoms with Crippen LogP contribution in [0.3, 0.4) is 0 Å². The lowest BCUT2D eigenvalue weighted by atomic mass is 9.96. The minimum Gasteiger partial charge on any atom is -0.493 e. The third-order valence-corrected chi connectivity index (χ3v) is 5.51. The molecule has 0 saturated heterocycles. The second-order valence-corrected chi connectivity index (χ2v) is 6.87. The zero-order chi connectivity index (χ0) is 18.7. The van der Waals surface area contributed by atoms with Crippen molar-refractivity contribution in [3.8, 4) is 17.6 Å². The third kappa shape index (κ3) is 3.26. The molecule has 0 N–H and O–H groups in total. The SMILES string of the molecule is COc1cc(/C=N/c2sc3c(c2C#N)CCCC3)c([N+](=O)[O-])cc1OC. The second kappa shape index (κ2) is 7.54. The molecule has 8 heteroatoms. The van der Waals surface area contributed by atoms with Crippen LogP contribution in [0.1, 0.15) is 34.4 Å². The number of hydrogen-bond donors (Lipinski definition) is 0. The van der Waals surface area contributed by atoms with Gasteiger partial charge in [-0.1, -0.05) is 0 Å². The number of methoxy groups -OCH3 is 2. The second-order valence-electron chi connectivity index (χ2n) is 5.78. The van der Waals surface area contributed by atoms with Crippen LogP contribution in [0, 0.1) is 21.4 Å². The van der Waals surface area contributed by atoms with E-state index in [1.165, 1.54) is 48.8 Å². The highest BCUT2D eigenvalue weighted by Gasteiger charge is 2.21. The number of aryl methyl sites for hydroxylation is 1. The Balaban J connectivity index is 2.05. The zero-order valence-electron chi connectivity index (χ0n) is 14.4. The van der Waals surface area contributed by atoms with Crippen molar-refractivity contribution in [1.29, 1.82) is 5.26 Å². The van der Waals surface area contributed by atoms with Gasteiger partial charge >= 0.3 is 0 Å². The average molecular weight is 371 g/mol. The Morgan fingerprint density at radius 2 is 1.96 bits per heavy atom. The zero-order valence-corrected chi connectivity index (χ0v) is 15.3. The molecule has 0 amide bonds. The van der Waals surface area contributed by atoms with Crippen molar-refractivity contribution in [2.45, 2.75) is 25.7 Å². The summed E-state index contributed by atoms with van der Waals surface area (Å²) < 4.78 is 10.3. The topological polar surface area (TPSA) is 97.8 Å². The Hall–Kier alpha value is -2.92. The number of rotatable bonds is 5. The molecule has 1 heterocycles. The van der Waals surface area contributed by atoms with Crippen molar-refractivity contribution in [2.75, 3.05) is 14.2 Å². The molecule has 0 spiro atoms. The van der Waals surface area contributed by atoms with Gasteiger partial charge in [-0.2, -0.15) is 5.26 Å². The third-order valence-electron chi connectivity index (χ3n) is 4.31. The quantitative estimate of drug-likeness (QED) is 0.446. The lowest BCUT2D eigenvalue weighted by molar-refractivity contribution is -0.385. The van der Waals surface area contributed by atoms with Crippen LogP contribution in [0.15, 0.2) is 17.1 Å². The van der Waals surface area contributed by atoms with Gasteiger partial charge < -0.3 is 9.47 Å². The van der Waals surface area contributed by atoms with Gasteiger partial charge in [0.05, 0.1) is 36.3 Å². The lowest BCUT2D eigenvalue weighted by Gasteiger charge is -2.09. The predicted octanol–water partition coefficient (Wildman–Crippen LogP) is 4.17. The number of ether oxygens (including phenoxy) is 2. The van der Waals surface area contributed by atoms with Gasteiger partial charge in [0, 0.05) is 11.1 Å². The first-order chi connectivity index (χ1) is 12.6. The highest BCUT2D eigenvalue weighted by Crippen LogP contribution is 2.40. The first-order valence-corrected chi connectivity index (χ1v) is 8.89. The molecule has 3 rings (SSSR count). The molecule has 0 fully saturated rings. The van der Waals surface area contributed by atoms with Crippen LogP contribution in [0.25, 0.3) is 0 Å². The van der Waals surface area contributed by atoms with Gasteiger partial charge in [0.25, 0.3) is 5.69 Å². The van der Waals surface area contributed by atoms with Gasteiger partial charge in [-0.15, -0.1) is 11.3 Å². The largest absolute Gasteiger partial charge is 0.493 e. The molecule has 26 heavy (non-hydrogen) atoms. The average Bonchev–Trinajstić information content (AvgIpc) is 3.02. The Morgan fingerprint density at radius 1 is 1.27 bits per heavy atom. The molecule has 0 bridgehead atoms. The number of fused-ring (bicyclic) bond motifs is 1. The highest BCUT2D eigenvalue weighted by molar-refractivity contribution is 7.16. The van der Waals surface area contributed by atoms with Crippen LogP contribution < -0.4 is 9.47 Å². The van der Waals surface area contributed by atoms with Gasteiger partial charge in [-0.25, -0.2) is 4.99 Å². The Bertz CT molecular complexity index is 927. The highest BCUT2D eigenvalue weighted by atomic mass is 32.1. The Kier molecular flexibility index (Phi) is 5.19. The first kappa shape index (κ1) is 17.9. The monoisotopic (exact) mass is 371 g/mol. The minimum absolute atomic E-state index is 0.133. The molecule has 0 unspecified atom stereocenters. The van der Waals surface area contributed by atoms with E-state index in [-0.39, 0.29) is 11.4 Å². The molecule has 134 valence electrons. The normalized spacial score (nSPS) is 13.3. The molecule has 1 aliphatic carbocycles. The molecule has 1 aromatic heterocycles. The molecule has 2 aromatic rings. The molecular weight excluding hydrogens is 354 g/mol. The van der Waals surface area contributed by atoms with Crippen molar-refractivity contribution in [3.05, 3.63) is 43.8 Å². The predicted molar refractivity (Wildman–Crippen MR) is 99.1 cm³/mol. The summed E-state index contributed by atoms with van der Waals surface area (Å²) in [6.07, 6.45) is 5.45. The lowest BCUT2D eigenvalue weighted by Crippen LogP contribution is -1.99. The van der Waals surface area contributed by atoms with Crippen molar-refractivity contribution < 1.29 is 14.4 Å². The van der Waals surface area contributed by atoms with Gasteiger partial charge in [0.2, 0.25) is 0 Å². The standard InChI is InChI=1S/C18H17N3O4S/c1-24-15-7-11(14(21(22)23)8-16(15)25-2)10-20-18-13(9-19)12-5-3-4-6-17(12)26-18/h7-8,10H,3-6H2,1-2H3/b20-10+. The first-order valence-electron chi connectivity index (χ1n) is 8.08. The Morgan fingerprint density at radius 3 is 2.62 bits per heavy atom.